The third-order valence-corrected chi connectivity index (χ3v) is 6.23. The molecule has 0 saturated carbocycles. The zero-order valence-electron chi connectivity index (χ0n) is 16.1. The first-order chi connectivity index (χ1) is 12.8. The summed E-state index contributed by atoms with van der Waals surface area (Å²) in [6, 6.07) is 13.9. The van der Waals surface area contributed by atoms with Crippen LogP contribution in [0.15, 0.2) is 48.5 Å². The monoisotopic (exact) mass is 390 g/mol. The van der Waals surface area contributed by atoms with Crippen LogP contribution in [0.1, 0.15) is 42.7 Å². The molecule has 0 aliphatic carbocycles. The maximum atomic E-state index is 12.5. The van der Waals surface area contributed by atoms with Gasteiger partial charge in [-0.05, 0) is 51.1 Å². The average Bonchev–Trinajstić information content (AvgIpc) is 2.68. The van der Waals surface area contributed by atoms with Crippen molar-refractivity contribution in [3.63, 3.8) is 0 Å². The zero-order chi connectivity index (χ0) is 20.0. The summed E-state index contributed by atoms with van der Waals surface area (Å²) in [7, 11) is -1.75. The molecule has 146 valence electrons. The number of sulfonamides is 1. The first-order valence-electron chi connectivity index (χ1n) is 8.88. The number of nitrogens with zero attached hydrogens (tertiary/aromatic N) is 1. The maximum Gasteiger partial charge on any atom is 0.251 e. The van der Waals surface area contributed by atoms with Crippen LogP contribution in [0.25, 0.3) is 0 Å². The van der Waals surface area contributed by atoms with Crippen LogP contribution in [-0.4, -0.2) is 33.7 Å². The van der Waals surface area contributed by atoms with Gasteiger partial charge in [0.1, 0.15) is 5.75 Å². The fourth-order valence-corrected chi connectivity index (χ4v) is 4.00. The highest BCUT2D eigenvalue weighted by molar-refractivity contribution is 7.92. The second kappa shape index (κ2) is 8.90. The number of benzene rings is 2. The Labute approximate surface area is 161 Å². The largest absolute Gasteiger partial charge is 0.496 e. The molecule has 0 spiro atoms. The lowest BCUT2D eigenvalue weighted by atomic mass is 10.1. The standard InChI is InChI=1S/C20H26N2O4S/c1-5-22(27(24,25)6-2)17-13-11-16(12-14-17)20(23)21-15(3)18-9-7-8-10-19(18)26-4/h7-15H,5-6H2,1-4H3,(H,21,23)/t15-/m0/s1. The van der Waals surface area contributed by atoms with Crippen molar-refractivity contribution in [2.24, 2.45) is 0 Å². The van der Waals surface area contributed by atoms with E-state index >= 15 is 0 Å². The number of hydrogen-bond acceptors (Lipinski definition) is 4. The number of ether oxygens (including phenoxy) is 1. The van der Waals surface area contributed by atoms with E-state index in [0.717, 1.165) is 5.56 Å². The number of methoxy groups -OCH3 is 1. The number of para-hydroxylation sites is 1. The van der Waals surface area contributed by atoms with Crippen LogP contribution >= 0.6 is 0 Å². The molecule has 0 saturated heterocycles. The van der Waals surface area contributed by atoms with E-state index in [1.54, 1.807) is 45.2 Å². The minimum absolute atomic E-state index is 0.0273. The highest BCUT2D eigenvalue weighted by atomic mass is 32.2. The highest BCUT2D eigenvalue weighted by Crippen LogP contribution is 2.25. The van der Waals surface area contributed by atoms with Gasteiger partial charge in [-0.3, -0.25) is 9.10 Å². The fourth-order valence-electron chi connectivity index (χ4n) is 2.86. The number of carbonyl (C=O) groups is 1. The molecule has 0 aliphatic heterocycles. The molecule has 1 atom stereocenters. The van der Waals surface area contributed by atoms with Gasteiger partial charge < -0.3 is 10.1 Å². The summed E-state index contributed by atoms with van der Waals surface area (Å²) < 4.78 is 31.0. The Morgan fingerprint density at radius 1 is 1.11 bits per heavy atom. The molecule has 0 fully saturated rings. The molecule has 1 N–H and O–H groups in total. The average molecular weight is 391 g/mol. The normalized spacial score (nSPS) is 12.3. The Balaban J connectivity index is 2.16. The fraction of sp³-hybridized carbons (Fsp3) is 0.350. The smallest absolute Gasteiger partial charge is 0.251 e. The third kappa shape index (κ3) is 4.80. The van der Waals surface area contributed by atoms with Crippen LogP contribution in [0.4, 0.5) is 5.69 Å². The SMILES string of the molecule is CCN(c1ccc(C(=O)N[C@@H](C)c2ccccc2OC)cc1)S(=O)(=O)CC. The summed E-state index contributed by atoms with van der Waals surface area (Å²) in [6.45, 7) is 5.62. The lowest BCUT2D eigenvalue weighted by Gasteiger charge is -2.22. The predicted octanol–water partition coefficient (Wildman–Crippen LogP) is 3.36. The van der Waals surface area contributed by atoms with Crippen molar-refractivity contribution >= 4 is 21.6 Å². The summed E-state index contributed by atoms with van der Waals surface area (Å²) in [5.41, 5.74) is 1.90. The molecule has 0 unspecified atom stereocenters. The van der Waals surface area contributed by atoms with E-state index in [2.05, 4.69) is 5.32 Å². The van der Waals surface area contributed by atoms with Gasteiger partial charge >= 0.3 is 0 Å². The van der Waals surface area contributed by atoms with Gasteiger partial charge in [0.05, 0.1) is 24.6 Å². The van der Waals surface area contributed by atoms with Gasteiger partial charge in [-0.2, -0.15) is 0 Å². The molecular formula is C20H26N2O4S. The van der Waals surface area contributed by atoms with Crippen LogP contribution in [-0.2, 0) is 10.0 Å². The van der Waals surface area contributed by atoms with Gasteiger partial charge in [-0.1, -0.05) is 18.2 Å². The van der Waals surface area contributed by atoms with Crippen molar-refractivity contribution in [2.75, 3.05) is 23.7 Å². The molecule has 0 aromatic heterocycles. The number of hydrogen-bond donors (Lipinski definition) is 1. The van der Waals surface area contributed by atoms with E-state index in [1.807, 2.05) is 31.2 Å². The molecule has 27 heavy (non-hydrogen) atoms. The first-order valence-corrected chi connectivity index (χ1v) is 10.5. The summed E-state index contributed by atoms with van der Waals surface area (Å²) >= 11 is 0. The molecule has 0 heterocycles. The number of carbonyl (C=O) groups excluding carboxylic acids is 1. The van der Waals surface area contributed by atoms with Crippen molar-refractivity contribution in [1.82, 2.24) is 5.32 Å². The Morgan fingerprint density at radius 2 is 1.74 bits per heavy atom. The van der Waals surface area contributed by atoms with E-state index in [1.165, 1.54) is 4.31 Å². The Kier molecular flexibility index (Phi) is 6.85. The summed E-state index contributed by atoms with van der Waals surface area (Å²) in [5.74, 6) is 0.504. The van der Waals surface area contributed by atoms with Crippen molar-refractivity contribution < 1.29 is 17.9 Å². The molecule has 7 heteroatoms. The van der Waals surface area contributed by atoms with Gasteiger partial charge in [0.2, 0.25) is 10.0 Å². The second-order valence-electron chi connectivity index (χ2n) is 6.05. The molecular weight excluding hydrogens is 364 g/mol. The molecule has 1 amide bonds. The lowest BCUT2D eigenvalue weighted by Crippen LogP contribution is -2.32. The van der Waals surface area contributed by atoms with Gasteiger partial charge in [0.15, 0.2) is 0 Å². The third-order valence-electron chi connectivity index (χ3n) is 4.36. The zero-order valence-corrected chi connectivity index (χ0v) is 16.9. The van der Waals surface area contributed by atoms with E-state index in [0.29, 0.717) is 23.5 Å². The highest BCUT2D eigenvalue weighted by Gasteiger charge is 2.19. The summed E-state index contributed by atoms with van der Waals surface area (Å²) in [5, 5.41) is 2.94. The van der Waals surface area contributed by atoms with E-state index < -0.39 is 10.0 Å². The molecule has 2 aromatic carbocycles. The van der Waals surface area contributed by atoms with Gasteiger partial charge in [0, 0.05) is 17.7 Å². The Hall–Kier alpha value is -2.54. The van der Waals surface area contributed by atoms with E-state index in [9.17, 15) is 13.2 Å². The van der Waals surface area contributed by atoms with Crippen LogP contribution in [0.5, 0.6) is 5.75 Å². The van der Waals surface area contributed by atoms with Gasteiger partial charge in [-0.25, -0.2) is 8.42 Å². The van der Waals surface area contributed by atoms with Crippen LogP contribution in [0, 0.1) is 0 Å². The van der Waals surface area contributed by atoms with Crippen molar-refractivity contribution in [3.05, 3.63) is 59.7 Å². The van der Waals surface area contributed by atoms with E-state index in [-0.39, 0.29) is 17.7 Å². The number of amides is 1. The number of anilines is 1. The molecule has 2 aromatic rings. The van der Waals surface area contributed by atoms with Gasteiger partial charge in [0.25, 0.3) is 5.91 Å². The minimum atomic E-state index is -3.34. The van der Waals surface area contributed by atoms with Crippen molar-refractivity contribution in [1.29, 1.82) is 0 Å². The predicted molar refractivity (Wildman–Crippen MR) is 108 cm³/mol. The molecule has 2 rings (SSSR count). The topological polar surface area (TPSA) is 75.7 Å². The van der Waals surface area contributed by atoms with Crippen LogP contribution < -0.4 is 14.4 Å². The molecule has 0 radical (unpaired) electrons. The van der Waals surface area contributed by atoms with Crippen LogP contribution in [0.3, 0.4) is 0 Å². The van der Waals surface area contributed by atoms with Gasteiger partial charge in [-0.15, -0.1) is 0 Å². The Morgan fingerprint density at radius 3 is 2.30 bits per heavy atom. The maximum absolute atomic E-state index is 12.5. The van der Waals surface area contributed by atoms with Crippen molar-refractivity contribution in [3.8, 4) is 5.75 Å². The Bertz CT molecular complexity index is 879. The number of nitrogens with one attached hydrogen (secondary N) is 1. The summed E-state index contributed by atoms with van der Waals surface area (Å²) in [6.07, 6.45) is 0. The second-order valence-corrected chi connectivity index (χ2v) is 8.23. The minimum Gasteiger partial charge on any atom is -0.496 e. The van der Waals surface area contributed by atoms with Crippen LogP contribution in [0.2, 0.25) is 0 Å². The molecule has 6 nitrogen and oxygen atoms in total. The quantitative estimate of drug-likeness (QED) is 0.750. The molecule has 0 bridgehead atoms. The first kappa shape index (κ1) is 20.8. The van der Waals surface area contributed by atoms with E-state index in [4.69, 9.17) is 4.74 Å². The lowest BCUT2D eigenvalue weighted by molar-refractivity contribution is 0.0939. The number of rotatable bonds is 8. The molecule has 0 aliphatic rings. The van der Waals surface area contributed by atoms with Crippen molar-refractivity contribution in [2.45, 2.75) is 26.8 Å². The summed E-state index contributed by atoms with van der Waals surface area (Å²) in [4.78, 5) is 12.5.